The van der Waals surface area contributed by atoms with Gasteiger partial charge in [0.2, 0.25) is 0 Å². The number of aryl methyl sites for hydroxylation is 2. The molecule has 0 fully saturated rings. The highest BCUT2D eigenvalue weighted by atomic mass is 32.2. The maximum Gasteiger partial charge on any atom is 0.280 e. The van der Waals surface area contributed by atoms with Crippen molar-refractivity contribution >= 4 is 11.8 Å². The molecule has 0 atom stereocenters. The minimum atomic E-state index is -0.0307. The van der Waals surface area contributed by atoms with E-state index in [1.165, 1.54) is 16.4 Å². The number of aromatic amines is 1. The monoisotopic (exact) mass is 245 g/mol. The fraction of sp³-hybridized carbons (Fsp3) is 0.167. The van der Waals surface area contributed by atoms with Crippen LogP contribution in [-0.2, 0) is 7.05 Å². The highest BCUT2D eigenvalue weighted by Gasteiger charge is 2.10. The van der Waals surface area contributed by atoms with Crippen LogP contribution in [0.15, 0.2) is 38.9 Å². The molecule has 0 aliphatic heterocycles. The van der Waals surface area contributed by atoms with Crippen LogP contribution in [0, 0.1) is 18.3 Å². The molecule has 2 aromatic rings. The molecule has 0 saturated heterocycles. The molecule has 1 N–H and O–H groups in total. The third-order valence-corrected chi connectivity index (χ3v) is 3.57. The van der Waals surface area contributed by atoms with Crippen molar-refractivity contribution in [2.24, 2.45) is 7.05 Å². The summed E-state index contributed by atoms with van der Waals surface area (Å²) in [6, 6.07) is 9.24. The zero-order valence-electron chi connectivity index (χ0n) is 9.52. The van der Waals surface area contributed by atoms with E-state index in [0.29, 0.717) is 10.5 Å². The van der Waals surface area contributed by atoms with Crippen molar-refractivity contribution < 1.29 is 0 Å². The summed E-state index contributed by atoms with van der Waals surface area (Å²) in [4.78, 5) is 13.4. The van der Waals surface area contributed by atoms with Gasteiger partial charge in [-0.2, -0.15) is 5.26 Å². The molecule has 0 spiro atoms. The van der Waals surface area contributed by atoms with Gasteiger partial charge in [-0.25, -0.2) is 0 Å². The molecule has 86 valence electrons. The zero-order valence-corrected chi connectivity index (χ0v) is 10.3. The first kappa shape index (κ1) is 11.6. The Balaban J connectivity index is 2.32. The minimum Gasteiger partial charge on any atom is -0.299 e. The summed E-state index contributed by atoms with van der Waals surface area (Å²) in [5, 5.41) is 11.6. The fourth-order valence-corrected chi connectivity index (χ4v) is 2.43. The highest BCUT2D eigenvalue weighted by Crippen LogP contribution is 2.26. The molecule has 0 bridgehead atoms. The molecule has 1 aromatic carbocycles. The quantitative estimate of drug-likeness (QED) is 0.880. The van der Waals surface area contributed by atoms with E-state index in [-0.39, 0.29) is 5.56 Å². The summed E-state index contributed by atoms with van der Waals surface area (Å²) in [6.07, 6.45) is 0. The Morgan fingerprint density at radius 3 is 2.47 bits per heavy atom. The van der Waals surface area contributed by atoms with Gasteiger partial charge in [0.1, 0.15) is 0 Å². The molecule has 1 aromatic heterocycles. The SMILES string of the molecule is Cc1[nH]n(C)c(=O)c1Sc1ccc(C#N)cc1. The summed E-state index contributed by atoms with van der Waals surface area (Å²) >= 11 is 1.41. The molecule has 17 heavy (non-hydrogen) atoms. The number of nitrogens with one attached hydrogen (secondary N) is 1. The first-order valence-electron chi connectivity index (χ1n) is 5.05. The second-order valence-electron chi connectivity index (χ2n) is 3.67. The van der Waals surface area contributed by atoms with Crippen LogP contribution in [0.5, 0.6) is 0 Å². The zero-order chi connectivity index (χ0) is 12.4. The highest BCUT2D eigenvalue weighted by molar-refractivity contribution is 7.99. The third-order valence-electron chi connectivity index (χ3n) is 2.38. The van der Waals surface area contributed by atoms with Crippen LogP contribution in [-0.4, -0.2) is 9.78 Å². The lowest BCUT2D eigenvalue weighted by molar-refractivity contribution is 0.729. The van der Waals surface area contributed by atoms with Gasteiger partial charge in [-0.3, -0.25) is 14.6 Å². The fourth-order valence-electron chi connectivity index (χ4n) is 1.50. The molecule has 0 unspecified atom stereocenters. The smallest absolute Gasteiger partial charge is 0.280 e. The number of H-pyrrole nitrogens is 1. The van der Waals surface area contributed by atoms with E-state index in [0.717, 1.165) is 10.6 Å². The van der Waals surface area contributed by atoms with Crippen molar-refractivity contribution in [3.8, 4) is 6.07 Å². The van der Waals surface area contributed by atoms with Crippen LogP contribution in [0.25, 0.3) is 0 Å². The average molecular weight is 245 g/mol. The lowest BCUT2D eigenvalue weighted by Crippen LogP contribution is -2.12. The lowest BCUT2D eigenvalue weighted by Gasteiger charge is -1.98. The van der Waals surface area contributed by atoms with E-state index in [9.17, 15) is 4.79 Å². The van der Waals surface area contributed by atoms with Crippen LogP contribution in [0.3, 0.4) is 0 Å². The normalized spacial score (nSPS) is 10.2. The molecule has 2 rings (SSSR count). The number of hydrogen-bond acceptors (Lipinski definition) is 3. The summed E-state index contributed by atoms with van der Waals surface area (Å²) in [7, 11) is 1.69. The number of hydrogen-bond donors (Lipinski definition) is 1. The van der Waals surface area contributed by atoms with Gasteiger partial charge in [0.15, 0.2) is 0 Å². The summed E-state index contributed by atoms with van der Waals surface area (Å²) in [5.41, 5.74) is 1.44. The van der Waals surface area contributed by atoms with Crippen LogP contribution in [0.1, 0.15) is 11.3 Å². The predicted molar refractivity (Wildman–Crippen MR) is 66.1 cm³/mol. The molecule has 0 aliphatic carbocycles. The maximum atomic E-state index is 11.8. The second kappa shape index (κ2) is 4.52. The van der Waals surface area contributed by atoms with Crippen LogP contribution in [0.2, 0.25) is 0 Å². The predicted octanol–water partition coefficient (Wildman–Crippen LogP) is 2.04. The molecular weight excluding hydrogens is 234 g/mol. The number of rotatable bonds is 2. The van der Waals surface area contributed by atoms with Gasteiger partial charge < -0.3 is 0 Å². The number of aromatic nitrogens is 2. The summed E-state index contributed by atoms with van der Waals surface area (Å²) in [6.45, 7) is 1.87. The molecule has 0 aliphatic rings. The molecular formula is C12H11N3OS. The number of nitrogens with zero attached hydrogens (tertiary/aromatic N) is 2. The topological polar surface area (TPSA) is 61.6 Å². The van der Waals surface area contributed by atoms with Crippen molar-refractivity contribution in [3.05, 3.63) is 45.9 Å². The van der Waals surface area contributed by atoms with E-state index in [1.807, 2.05) is 19.1 Å². The third kappa shape index (κ3) is 2.27. The minimum absolute atomic E-state index is 0.0307. The molecule has 0 amide bonds. The van der Waals surface area contributed by atoms with Gasteiger partial charge in [-0.15, -0.1) is 0 Å². The Hall–Kier alpha value is -1.93. The number of nitriles is 1. The van der Waals surface area contributed by atoms with Gasteiger partial charge in [-0.05, 0) is 31.2 Å². The summed E-state index contributed by atoms with van der Waals surface area (Å²) in [5.74, 6) is 0. The number of benzene rings is 1. The standard InChI is InChI=1S/C12H11N3OS/c1-8-11(12(16)15(2)14-8)17-10-5-3-9(7-13)4-6-10/h3-6,14H,1-2H3. The van der Waals surface area contributed by atoms with E-state index < -0.39 is 0 Å². The first-order chi connectivity index (χ1) is 8.11. The molecule has 5 heteroatoms. The van der Waals surface area contributed by atoms with Gasteiger partial charge in [-0.1, -0.05) is 11.8 Å². The summed E-state index contributed by atoms with van der Waals surface area (Å²) < 4.78 is 1.46. The van der Waals surface area contributed by atoms with Gasteiger partial charge in [0.25, 0.3) is 5.56 Å². The van der Waals surface area contributed by atoms with E-state index >= 15 is 0 Å². The Morgan fingerprint density at radius 2 is 2.00 bits per heavy atom. The Bertz CT molecular complexity index is 631. The van der Waals surface area contributed by atoms with E-state index in [4.69, 9.17) is 5.26 Å². The van der Waals surface area contributed by atoms with Crippen molar-refractivity contribution in [1.29, 1.82) is 5.26 Å². The lowest BCUT2D eigenvalue weighted by atomic mass is 10.2. The Kier molecular flexibility index (Phi) is 3.07. The van der Waals surface area contributed by atoms with E-state index in [1.54, 1.807) is 19.2 Å². The second-order valence-corrected chi connectivity index (χ2v) is 4.75. The van der Waals surface area contributed by atoms with Gasteiger partial charge >= 0.3 is 0 Å². The van der Waals surface area contributed by atoms with E-state index in [2.05, 4.69) is 11.2 Å². The molecule has 1 heterocycles. The van der Waals surface area contributed by atoms with Crippen molar-refractivity contribution in [1.82, 2.24) is 9.78 Å². The van der Waals surface area contributed by atoms with Crippen LogP contribution >= 0.6 is 11.8 Å². The van der Waals surface area contributed by atoms with Crippen LogP contribution in [0.4, 0.5) is 0 Å². The maximum absolute atomic E-state index is 11.8. The largest absolute Gasteiger partial charge is 0.299 e. The van der Waals surface area contributed by atoms with Crippen molar-refractivity contribution in [2.45, 2.75) is 16.7 Å². The van der Waals surface area contributed by atoms with Gasteiger partial charge in [0, 0.05) is 17.6 Å². The molecule has 0 saturated carbocycles. The van der Waals surface area contributed by atoms with Crippen molar-refractivity contribution in [3.63, 3.8) is 0 Å². The first-order valence-corrected chi connectivity index (χ1v) is 5.87. The molecule has 4 nitrogen and oxygen atoms in total. The van der Waals surface area contributed by atoms with Crippen molar-refractivity contribution in [2.75, 3.05) is 0 Å². The van der Waals surface area contributed by atoms with Crippen LogP contribution < -0.4 is 5.56 Å². The Labute approximate surface area is 103 Å². The Morgan fingerprint density at radius 1 is 1.35 bits per heavy atom. The van der Waals surface area contributed by atoms with Gasteiger partial charge in [0.05, 0.1) is 16.5 Å². The molecule has 0 radical (unpaired) electrons. The average Bonchev–Trinajstić information content (AvgIpc) is 2.57.